The number of rotatable bonds is 5. The first-order valence-electron chi connectivity index (χ1n) is 6.12. The van der Waals surface area contributed by atoms with Gasteiger partial charge >= 0.3 is 0 Å². The van der Waals surface area contributed by atoms with Crippen LogP contribution in [-0.4, -0.2) is 22.3 Å². The lowest BCUT2D eigenvalue weighted by molar-refractivity contribution is -0.385. The zero-order chi connectivity index (χ0) is 15.9. The number of hydrogen-bond donors (Lipinski definition) is 0. The summed E-state index contributed by atoms with van der Waals surface area (Å²) in [6, 6.07) is 11.9. The summed E-state index contributed by atoms with van der Waals surface area (Å²) in [6.07, 6.45) is 2.68. The van der Waals surface area contributed by atoms with E-state index in [1.54, 1.807) is 18.2 Å². The highest BCUT2D eigenvalue weighted by Gasteiger charge is 2.09. The third-order valence-electron chi connectivity index (χ3n) is 2.71. The first-order valence-corrected chi connectivity index (χ1v) is 6.12. The first-order chi connectivity index (χ1) is 10.6. The van der Waals surface area contributed by atoms with E-state index in [-0.39, 0.29) is 11.4 Å². The van der Waals surface area contributed by atoms with Crippen LogP contribution in [0.2, 0.25) is 0 Å². The van der Waals surface area contributed by atoms with Gasteiger partial charge in [0.15, 0.2) is 0 Å². The highest BCUT2D eigenvalue weighted by Crippen LogP contribution is 2.15. The zero-order valence-corrected chi connectivity index (χ0v) is 11.2. The number of nitro groups is 2. The summed E-state index contributed by atoms with van der Waals surface area (Å²) in [7, 11) is 0. The molecule has 0 aromatic heterocycles. The standard InChI is InChI=1S/C14H10N4O4/c19-17(20)13-7-5-11(6-8-13)9-15-16-10-12-3-1-2-4-14(12)18(21)22/h1-10H/b15-9+,16-10+. The van der Waals surface area contributed by atoms with Gasteiger partial charge in [-0.15, -0.1) is 0 Å². The van der Waals surface area contributed by atoms with E-state index in [0.717, 1.165) is 0 Å². The molecule has 2 aromatic rings. The maximum atomic E-state index is 10.8. The predicted octanol–water partition coefficient (Wildman–Crippen LogP) is 2.96. The fraction of sp³-hybridized carbons (Fsp3) is 0. The van der Waals surface area contributed by atoms with Crippen molar-refractivity contribution in [2.75, 3.05) is 0 Å². The third-order valence-corrected chi connectivity index (χ3v) is 2.71. The van der Waals surface area contributed by atoms with E-state index in [9.17, 15) is 20.2 Å². The van der Waals surface area contributed by atoms with Crippen LogP contribution in [0.4, 0.5) is 11.4 Å². The Bertz CT molecular complexity index is 754. The average Bonchev–Trinajstić information content (AvgIpc) is 2.52. The minimum absolute atomic E-state index is 0.0134. The van der Waals surface area contributed by atoms with Crippen LogP contribution in [-0.2, 0) is 0 Å². The summed E-state index contributed by atoms with van der Waals surface area (Å²) in [5.74, 6) is 0. The Morgan fingerprint density at radius 1 is 0.818 bits per heavy atom. The second kappa shape index (κ2) is 6.84. The quantitative estimate of drug-likeness (QED) is 0.480. The lowest BCUT2D eigenvalue weighted by Gasteiger charge is -1.94. The molecule has 0 fully saturated rings. The summed E-state index contributed by atoms with van der Waals surface area (Å²) < 4.78 is 0. The van der Waals surface area contributed by atoms with Crippen LogP contribution in [0.3, 0.4) is 0 Å². The summed E-state index contributed by atoms with van der Waals surface area (Å²) in [5, 5.41) is 28.8. The molecule has 8 nitrogen and oxygen atoms in total. The molecule has 2 rings (SSSR count). The topological polar surface area (TPSA) is 111 Å². The molecule has 0 bridgehead atoms. The lowest BCUT2D eigenvalue weighted by Crippen LogP contribution is -1.93. The molecule has 0 amide bonds. The zero-order valence-electron chi connectivity index (χ0n) is 11.2. The van der Waals surface area contributed by atoms with Crippen molar-refractivity contribution in [1.82, 2.24) is 0 Å². The molecule has 2 aromatic carbocycles. The Balaban J connectivity index is 2.09. The van der Waals surface area contributed by atoms with Gasteiger partial charge in [-0.2, -0.15) is 10.2 Å². The van der Waals surface area contributed by atoms with E-state index >= 15 is 0 Å². The molecular weight excluding hydrogens is 288 g/mol. The van der Waals surface area contributed by atoms with Crippen LogP contribution < -0.4 is 0 Å². The lowest BCUT2D eigenvalue weighted by atomic mass is 10.2. The van der Waals surface area contributed by atoms with Gasteiger partial charge in [0.2, 0.25) is 0 Å². The van der Waals surface area contributed by atoms with Crippen molar-refractivity contribution in [3.63, 3.8) is 0 Å². The molecule has 0 aliphatic rings. The van der Waals surface area contributed by atoms with Gasteiger partial charge in [0.1, 0.15) is 0 Å². The van der Waals surface area contributed by atoms with Gasteiger partial charge in [-0.1, -0.05) is 12.1 Å². The Hall–Kier alpha value is -3.42. The number of nitrogens with zero attached hydrogens (tertiary/aromatic N) is 4. The van der Waals surface area contributed by atoms with Crippen LogP contribution in [0.5, 0.6) is 0 Å². The van der Waals surface area contributed by atoms with Crippen molar-refractivity contribution in [2.24, 2.45) is 10.2 Å². The molecule has 22 heavy (non-hydrogen) atoms. The fourth-order valence-corrected chi connectivity index (χ4v) is 1.64. The normalized spacial score (nSPS) is 11.1. The Labute approximate surface area is 124 Å². The van der Waals surface area contributed by atoms with Crippen LogP contribution in [0.1, 0.15) is 11.1 Å². The van der Waals surface area contributed by atoms with Gasteiger partial charge in [0.05, 0.1) is 27.8 Å². The summed E-state index contributed by atoms with van der Waals surface area (Å²) in [6.45, 7) is 0. The molecule has 0 saturated carbocycles. The maximum absolute atomic E-state index is 10.8. The van der Waals surface area contributed by atoms with Gasteiger partial charge in [-0.25, -0.2) is 0 Å². The van der Waals surface area contributed by atoms with Crippen molar-refractivity contribution >= 4 is 23.8 Å². The van der Waals surface area contributed by atoms with Crippen LogP contribution >= 0.6 is 0 Å². The van der Waals surface area contributed by atoms with E-state index in [4.69, 9.17) is 0 Å². The Morgan fingerprint density at radius 2 is 1.45 bits per heavy atom. The second-order valence-corrected chi connectivity index (χ2v) is 4.15. The smallest absolute Gasteiger partial charge is 0.258 e. The SMILES string of the molecule is O=[N+]([O-])c1ccc(/C=N/N=C/c2ccccc2[N+](=O)[O-])cc1. The van der Waals surface area contributed by atoms with Crippen LogP contribution in [0, 0.1) is 20.2 Å². The predicted molar refractivity (Wildman–Crippen MR) is 81.4 cm³/mol. The van der Waals surface area contributed by atoms with Gasteiger partial charge in [-0.3, -0.25) is 20.2 Å². The van der Waals surface area contributed by atoms with Gasteiger partial charge < -0.3 is 0 Å². The van der Waals surface area contributed by atoms with Crippen molar-refractivity contribution in [3.05, 3.63) is 79.9 Å². The molecule has 0 unspecified atom stereocenters. The molecule has 0 saturated heterocycles. The summed E-state index contributed by atoms with van der Waals surface area (Å²) in [5.41, 5.74) is 0.899. The largest absolute Gasteiger partial charge is 0.278 e. The molecule has 0 radical (unpaired) electrons. The van der Waals surface area contributed by atoms with E-state index in [1.807, 2.05) is 0 Å². The molecule has 0 N–H and O–H groups in total. The van der Waals surface area contributed by atoms with Gasteiger partial charge in [0, 0.05) is 18.2 Å². The molecular formula is C14H10N4O4. The Morgan fingerprint density at radius 3 is 2.09 bits per heavy atom. The van der Waals surface area contributed by atoms with Crippen LogP contribution in [0.15, 0.2) is 58.7 Å². The average molecular weight is 298 g/mol. The Kier molecular flexibility index (Phi) is 4.66. The number of para-hydroxylation sites is 1. The molecule has 0 atom stereocenters. The molecule has 0 heterocycles. The van der Waals surface area contributed by atoms with E-state index in [0.29, 0.717) is 11.1 Å². The molecule has 0 aliphatic heterocycles. The number of benzene rings is 2. The maximum Gasteiger partial charge on any atom is 0.278 e. The number of non-ortho nitro benzene ring substituents is 1. The number of hydrogen-bond acceptors (Lipinski definition) is 6. The van der Waals surface area contributed by atoms with Crippen LogP contribution in [0.25, 0.3) is 0 Å². The molecule has 0 aliphatic carbocycles. The van der Waals surface area contributed by atoms with Gasteiger partial charge in [0.25, 0.3) is 11.4 Å². The van der Waals surface area contributed by atoms with Crippen molar-refractivity contribution in [1.29, 1.82) is 0 Å². The molecule has 0 spiro atoms. The highest BCUT2D eigenvalue weighted by atomic mass is 16.6. The summed E-state index contributed by atoms with van der Waals surface area (Å²) >= 11 is 0. The third kappa shape index (κ3) is 3.79. The van der Waals surface area contributed by atoms with Crippen molar-refractivity contribution < 1.29 is 9.85 Å². The molecule has 110 valence electrons. The second-order valence-electron chi connectivity index (χ2n) is 4.15. The van der Waals surface area contributed by atoms with E-state index in [2.05, 4.69) is 10.2 Å². The van der Waals surface area contributed by atoms with Crippen molar-refractivity contribution in [2.45, 2.75) is 0 Å². The monoisotopic (exact) mass is 298 g/mol. The number of nitro benzene ring substituents is 2. The molecule has 8 heteroatoms. The first kappa shape index (κ1) is 15.0. The minimum atomic E-state index is -0.499. The highest BCUT2D eigenvalue weighted by molar-refractivity contribution is 5.86. The fourth-order valence-electron chi connectivity index (χ4n) is 1.64. The summed E-state index contributed by atoms with van der Waals surface area (Å²) in [4.78, 5) is 20.3. The van der Waals surface area contributed by atoms with Gasteiger partial charge in [-0.05, 0) is 23.8 Å². The van der Waals surface area contributed by atoms with E-state index in [1.165, 1.54) is 42.8 Å². The van der Waals surface area contributed by atoms with E-state index < -0.39 is 9.85 Å². The minimum Gasteiger partial charge on any atom is -0.258 e. The van der Waals surface area contributed by atoms with Crippen molar-refractivity contribution in [3.8, 4) is 0 Å².